The number of amides is 1. The molecule has 8 nitrogen and oxygen atoms in total. The number of para-hydroxylation sites is 2. The predicted molar refractivity (Wildman–Crippen MR) is 157 cm³/mol. The lowest BCUT2D eigenvalue weighted by molar-refractivity contribution is -0.135. The fourth-order valence-electron chi connectivity index (χ4n) is 5.43. The Kier molecular flexibility index (Phi) is 9.10. The summed E-state index contributed by atoms with van der Waals surface area (Å²) >= 11 is 1.68. The minimum absolute atomic E-state index is 0.210. The van der Waals surface area contributed by atoms with Crippen LogP contribution in [0.2, 0.25) is 0 Å². The van der Waals surface area contributed by atoms with Crippen LogP contribution in [0.3, 0.4) is 0 Å². The SMILES string of the molecule is COc1ccccc1OCC1c2ccsc2CCN1C(=O)CN(CCN1CCCC1)S(=O)(=O)c1ccc(C)cc1. The lowest BCUT2D eigenvalue weighted by Crippen LogP contribution is -2.49. The van der Waals surface area contributed by atoms with E-state index in [1.165, 1.54) is 9.18 Å². The minimum Gasteiger partial charge on any atom is -0.493 e. The van der Waals surface area contributed by atoms with Crippen molar-refractivity contribution in [3.63, 3.8) is 0 Å². The second-order valence-electron chi connectivity index (χ2n) is 10.3. The van der Waals surface area contributed by atoms with Crippen LogP contribution < -0.4 is 9.47 Å². The Morgan fingerprint density at radius 1 is 1.02 bits per heavy atom. The van der Waals surface area contributed by atoms with Crippen LogP contribution in [-0.4, -0.2) is 81.4 Å². The third-order valence-electron chi connectivity index (χ3n) is 7.72. The van der Waals surface area contributed by atoms with Gasteiger partial charge >= 0.3 is 0 Å². The molecule has 1 saturated heterocycles. The topological polar surface area (TPSA) is 79.4 Å². The molecule has 0 aliphatic carbocycles. The van der Waals surface area contributed by atoms with E-state index in [0.29, 0.717) is 24.6 Å². The third kappa shape index (κ3) is 6.35. The first-order valence-electron chi connectivity index (χ1n) is 13.8. The number of carbonyl (C=O) groups is 1. The molecule has 0 spiro atoms. The first-order chi connectivity index (χ1) is 19.4. The van der Waals surface area contributed by atoms with E-state index in [1.54, 1.807) is 47.6 Å². The number of aryl methyl sites for hydroxylation is 1. The smallest absolute Gasteiger partial charge is 0.243 e. The number of hydrogen-bond donors (Lipinski definition) is 0. The van der Waals surface area contributed by atoms with Gasteiger partial charge in [-0.25, -0.2) is 8.42 Å². The van der Waals surface area contributed by atoms with Crippen LogP contribution in [0.15, 0.2) is 64.9 Å². The monoisotopic (exact) mass is 583 g/mol. The van der Waals surface area contributed by atoms with E-state index in [1.807, 2.05) is 42.6 Å². The van der Waals surface area contributed by atoms with Gasteiger partial charge in [-0.1, -0.05) is 29.8 Å². The van der Waals surface area contributed by atoms with E-state index in [9.17, 15) is 13.2 Å². The second kappa shape index (κ2) is 12.7. The van der Waals surface area contributed by atoms with Crippen molar-refractivity contribution in [1.82, 2.24) is 14.1 Å². The molecule has 2 aliphatic heterocycles. The number of sulfonamides is 1. The van der Waals surface area contributed by atoms with E-state index < -0.39 is 10.0 Å². The Bertz CT molecular complexity index is 1400. The summed E-state index contributed by atoms with van der Waals surface area (Å²) in [5, 5.41) is 2.04. The van der Waals surface area contributed by atoms with Crippen molar-refractivity contribution in [2.24, 2.45) is 0 Å². The molecule has 0 N–H and O–H groups in total. The van der Waals surface area contributed by atoms with Gasteiger partial charge in [-0.05, 0) is 80.6 Å². The maximum absolute atomic E-state index is 13.9. The van der Waals surface area contributed by atoms with Crippen molar-refractivity contribution < 1.29 is 22.7 Å². The van der Waals surface area contributed by atoms with Crippen LogP contribution in [0.4, 0.5) is 0 Å². The van der Waals surface area contributed by atoms with Crippen LogP contribution in [-0.2, 0) is 21.2 Å². The fourth-order valence-corrected chi connectivity index (χ4v) is 7.73. The zero-order chi connectivity index (χ0) is 28.1. The van der Waals surface area contributed by atoms with Gasteiger partial charge in [-0.3, -0.25) is 4.79 Å². The van der Waals surface area contributed by atoms with Crippen LogP contribution >= 0.6 is 11.3 Å². The largest absolute Gasteiger partial charge is 0.493 e. The molecule has 10 heteroatoms. The Hall–Kier alpha value is -2.92. The molecule has 0 saturated carbocycles. The number of fused-ring (bicyclic) bond motifs is 1. The number of ether oxygens (including phenoxy) is 2. The number of methoxy groups -OCH3 is 1. The Morgan fingerprint density at radius 3 is 2.48 bits per heavy atom. The van der Waals surface area contributed by atoms with E-state index >= 15 is 0 Å². The van der Waals surface area contributed by atoms with Crippen molar-refractivity contribution in [2.75, 3.05) is 53.0 Å². The standard InChI is InChI=1S/C30H37N3O5S2/c1-23-9-11-24(12-10-23)40(35,36)32(19-18-31-15-5-6-16-31)21-30(34)33-17-13-29-25(14-20-39-29)26(33)22-38-28-8-4-3-7-27(28)37-2/h3-4,7-12,14,20,26H,5-6,13,15-19,21-22H2,1-2H3. The molecule has 2 aliphatic rings. The van der Waals surface area contributed by atoms with E-state index in [2.05, 4.69) is 4.90 Å². The van der Waals surface area contributed by atoms with Gasteiger partial charge in [-0.2, -0.15) is 4.31 Å². The molecular weight excluding hydrogens is 546 g/mol. The van der Waals surface area contributed by atoms with Gasteiger partial charge in [-0.15, -0.1) is 11.3 Å². The number of rotatable bonds is 11. The van der Waals surface area contributed by atoms with Gasteiger partial charge in [0.1, 0.15) is 6.61 Å². The molecule has 0 radical (unpaired) electrons. The van der Waals surface area contributed by atoms with Gasteiger partial charge in [0.05, 0.1) is 24.6 Å². The Labute approximate surface area is 241 Å². The molecule has 3 aromatic rings. The summed E-state index contributed by atoms with van der Waals surface area (Å²) < 4.78 is 40.6. The number of likely N-dealkylation sites (tertiary alicyclic amines) is 1. The normalized spacial score (nSPS) is 17.7. The predicted octanol–water partition coefficient (Wildman–Crippen LogP) is 4.36. The zero-order valence-electron chi connectivity index (χ0n) is 23.1. The molecule has 3 heterocycles. The Balaban J connectivity index is 1.38. The molecule has 40 heavy (non-hydrogen) atoms. The highest BCUT2D eigenvalue weighted by Gasteiger charge is 2.35. The highest BCUT2D eigenvalue weighted by atomic mass is 32.2. The first kappa shape index (κ1) is 28.6. The minimum atomic E-state index is -3.86. The number of thiophene rings is 1. The number of benzene rings is 2. The van der Waals surface area contributed by atoms with Crippen molar-refractivity contribution in [3.05, 3.63) is 76.0 Å². The maximum atomic E-state index is 13.9. The third-order valence-corrected chi connectivity index (χ3v) is 10.6. The highest BCUT2D eigenvalue weighted by Crippen LogP contribution is 2.35. The molecule has 1 fully saturated rings. The average molecular weight is 584 g/mol. The lowest BCUT2D eigenvalue weighted by atomic mass is 10.0. The summed E-state index contributed by atoms with van der Waals surface area (Å²) in [5.74, 6) is 1.01. The molecule has 214 valence electrons. The fraction of sp³-hybridized carbons (Fsp3) is 0.433. The van der Waals surface area contributed by atoms with Crippen LogP contribution in [0.1, 0.15) is 34.9 Å². The van der Waals surface area contributed by atoms with Crippen molar-refractivity contribution in [3.8, 4) is 11.5 Å². The van der Waals surface area contributed by atoms with Crippen LogP contribution in [0, 0.1) is 6.92 Å². The summed E-state index contributed by atoms with van der Waals surface area (Å²) in [6.07, 6.45) is 2.98. The number of nitrogens with zero attached hydrogens (tertiary/aromatic N) is 3. The molecule has 1 atom stereocenters. The molecule has 0 bridgehead atoms. The zero-order valence-corrected chi connectivity index (χ0v) is 24.8. The Morgan fingerprint density at radius 2 is 1.75 bits per heavy atom. The second-order valence-corrected chi connectivity index (χ2v) is 13.3. The summed E-state index contributed by atoms with van der Waals surface area (Å²) in [6.45, 7) is 5.26. The van der Waals surface area contributed by atoms with Crippen LogP contribution in [0.5, 0.6) is 11.5 Å². The first-order valence-corrected chi connectivity index (χ1v) is 16.1. The average Bonchev–Trinajstić information content (AvgIpc) is 3.66. The van der Waals surface area contributed by atoms with Gasteiger partial charge in [0.15, 0.2) is 11.5 Å². The summed E-state index contributed by atoms with van der Waals surface area (Å²) in [4.78, 5) is 19.4. The van der Waals surface area contributed by atoms with E-state index in [0.717, 1.165) is 43.5 Å². The quantitative estimate of drug-likeness (QED) is 0.334. The van der Waals surface area contributed by atoms with Crippen molar-refractivity contribution in [2.45, 2.75) is 37.1 Å². The molecule has 1 aromatic heterocycles. The van der Waals surface area contributed by atoms with Gasteiger partial charge < -0.3 is 19.3 Å². The number of hydrogen-bond acceptors (Lipinski definition) is 7. The molecular formula is C30H37N3O5S2. The maximum Gasteiger partial charge on any atom is 0.243 e. The molecule has 1 unspecified atom stereocenters. The van der Waals surface area contributed by atoms with Crippen LogP contribution in [0.25, 0.3) is 0 Å². The molecule has 1 amide bonds. The van der Waals surface area contributed by atoms with Gasteiger partial charge in [0, 0.05) is 24.5 Å². The molecule has 2 aromatic carbocycles. The summed E-state index contributed by atoms with van der Waals surface area (Å²) in [6, 6.07) is 16.0. The van der Waals surface area contributed by atoms with E-state index in [-0.39, 0.29) is 36.5 Å². The van der Waals surface area contributed by atoms with Crippen molar-refractivity contribution in [1.29, 1.82) is 0 Å². The number of carbonyl (C=O) groups excluding carboxylic acids is 1. The summed E-state index contributed by atoms with van der Waals surface area (Å²) in [5.41, 5.74) is 2.04. The summed E-state index contributed by atoms with van der Waals surface area (Å²) in [7, 11) is -2.26. The highest BCUT2D eigenvalue weighted by molar-refractivity contribution is 7.89. The van der Waals surface area contributed by atoms with E-state index in [4.69, 9.17) is 9.47 Å². The van der Waals surface area contributed by atoms with Gasteiger partial charge in [0.2, 0.25) is 15.9 Å². The lowest BCUT2D eigenvalue weighted by Gasteiger charge is -2.37. The molecule has 5 rings (SSSR count). The van der Waals surface area contributed by atoms with Crippen molar-refractivity contribution >= 4 is 27.3 Å². The van der Waals surface area contributed by atoms with Gasteiger partial charge in [0.25, 0.3) is 0 Å².